The van der Waals surface area contributed by atoms with Gasteiger partial charge in [0.2, 0.25) is 0 Å². The average Bonchev–Trinajstić information content (AvgIpc) is 3.11. The number of benzene rings is 3. The van der Waals surface area contributed by atoms with Gasteiger partial charge < -0.3 is 0 Å². The maximum atomic E-state index is 8.86. The van der Waals surface area contributed by atoms with Crippen molar-refractivity contribution in [2.24, 2.45) is 0 Å². The highest BCUT2D eigenvalue weighted by molar-refractivity contribution is 5.78. The van der Waals surface area contributed by atoms with E-state index in [1.165, 1.54) is 0 Å². The molecule has 0 aliphatic rings. The normalized spacial score (nSPS) is 11.0. The summed E-state index contributed by atoms with van der Waals surface area (Å²) in [6.45, 7) is 0. The predicted molar refractivity (Wildman–Crippen MR) is 101 cm³/mol. The quantitative estimate of drug-likeness (QED) is 0.494. The molecule has 3 nitrogen and oxygen atoms in total. The van der Waals surface area contributed by atoms with E-state index in [4.69, 9.17) is 5.26 Å². The molecule has 3 heteroatoms. The van der Waals surface area contributed by atoms with Crippen molar-refractivity contribution in [3.63, 3.8) is 0 Å². The second-order valence-electron chi connectivity index (χ2n) is 5.77. The summed E-state index contributed by atoms with van der Waals surface area (Å²) in [5.41, 5.74) is 6.01. The fraction of sp³-hybridized carbons (Fsp3) is 0. The molecule has 118 valence electrons. The number of nitriles is 1. The third kappa shape index (κ3) is 3.06. The van der Waals surface area contributed by atoms with Crippen LogP contribution in [0.15, 0.2) is 79.1 Å². The first-order chi connectivity index (χ1) is 12.3. The van der Waals surface area contributed by atoms with E-state index in [9.17, 15) is 0 Å². The number of fused-ring (bicyclic) bond motifs is 1. The molecule has 0 radical (unpaired) electrons. The SMILES string of the molecule is N#Cc1ccc(/C=C/c2cccc(-n3cnc4ccccc43)c2)cc1. The van der Waals surface area contributed by atoms with Crippen molar-refractivity contribution in [2.45, 2.75) is 0 Å². The van der Waals surface area contributed by atoms with Gasteiger partial charge in [-0.2, -0.15) is 5.26 Å². The van der Waals surface area contributed by atoms with Crippen LogP contribution in [0.2, 0.25) is 0 Å². The molecule has 0 N–H and O–H groups in total. The summed E-state index contributed by atoms with van der Waals surface area (Å²) in [4.78, 5) is 4.45. The van der Waals surface area contributed by atoms with E-state index in [1.807, 2.05) is 60.9 Å². The molecule has 0 spiro atoms. The van der Waals surface area contributed by atoms with Crippen LogP contribution >= 0.6 is 0 Å². The minimum atomic E-state index is 0.672. The molecule has 4 aromatic rings. The van der Waals surface area contributed by atoms with Crippen LogP contribution in [-0.4, -0.2) is 9.55 Å². The lowest BCUT2D eigenvalue weighted by molar-refractivity contribution is 1.09. The second kappa shape index (κ2) is 6.46. The van der Waals surface area contributed by atoms with E-state index in [2.05, 4.69) is 46.0 Å². The van der Waals surface area contributed by atoms with Crippen LogP contribution in [0.25, 0.3) is 28.9 Å². The summed E-state index contributed by atoms with van der Waals surface area (Å²) in [7, 11) is 0. The highest BCUT2D eigenvalue weighted by Gasteiger charge is 2.03. The Morgan fingerprint density at radius 1 is 0.840 bits per heavy atom. The first kappa shape index (κ1) is 14.9. The Morgan fingerprint density at radius 3 is 2.48 bits per heavy atom. The Labute approximate surface area is 146 Å². The maximum Gasteiger partial charge on any atom is 0.100 e. The number of hydrogen-bond donors (Lipinski definition) is 0. The minimum Gasteiger partial charge on any atom is -0.299 e. The van der Waals surface area contributed by atoms with Gasteiger partial charge >= 0.3 is 0 Å². The molecule has 1 heterocycles. The third-order valence-corrected chi connectivity index (χ3v) is 4.11. The van der Waals surface area contributed by atoms with Gasteiger partial charge in [0.1, 0.15) is 6.33 Å². The van der Waals surface area contributed by atoms with E-state index >= 15 is 0 Å². The van der Waals surface area contributed by atoms with Gasteiger partial charge in [0, 0.05) is 5.69 Å². The van der Waals surface area contributed by atoms with E-state index in [0.717, 1.165) is 27.8 Å². The van der Waals surface area contributed by atoms with E-state index < -0.39 is 0 Å². The molecule has 0 aliphatic heterocycles. The number of aromatic nitrogens is 2. The molecule has 0 bridgehead atoms. The van der Waals surface area contributed by atoms with Crippen LogP contribution < -0.4 is 0 Å². The van der Waals surface area contributed by atoms with Crippen LogP contribution in [0.4, 0.5) is 0 Å². The van der Waals surface area contributed by atoms with Gasteiger partial charge in [-0.05, 0) is 47.5 Å². The van der Waals surface area contributed by atoms with Crippen molar-refractivity contribution in [2.75, 3.05) is 0 Å². The standard InChI is InChI=1S/C22H15N3/c23-15-19-12-9-17(10-13-19)8-11-18-4-3-5-20(14-18)25-16-24-21-6-1-2-7-22(21)25/h1-14,16H/b11-8+. The van der Waals surface area contributed by atoms with Crippen molar-refractivity contribution < 1.29 is 0 Å². The number of hydrogen-bond acceptors (Lipinski definition) is 2. The topological polar surface area (TPSA) is 41.6 Å². The first-order valence-electron chi connectivity index (χ1n) is 8.04. The number of rotatable bonds is 3. The summed E-state index contributed by atoms with van der Waals surface area (Å²) in [6, 6.07) is 26.1. The number of nitrogens with zero attached hydrogens (tertiary/aromatic N) is 3. The van der Waals surface area contributed by atoms with Crippen LogP contribution in [0.1, 0.15) is 16.7 Å². The molecule has 0 saturated carbocycles. The first-order valence-corrected chi connectivity index (χ1v) is 8.04. The zero-order chi connectivity index (χ0) is 17.1. The summed E-state index contributed by atoms with van der Waals surface area (Å²) < 4.78 is 2.09. The van der Waals surface area contributed by atoms with Crippen molar-refractivity contribution in [3.05, 3.63) is 95.8 Å². The Balaban J connectivity index is 1.65. The summed E-state index contributed by atoms with van der Waals surface area (Å²) in [6.07, 6.45) is 5.98. The molecule has 0 unspecified atom stereocenters. The molecular weight excluding hydrogens is 306 g/mol. The molecule has 25 heavy (non-hydrogen) atoms. The Hall–Kier alpha value is -3.64. The van der Waals surface area contributed by atoms with E-state index in [1.54, 1.807) is 0 Å². The molecule has 4 rings (SSSR count). The van der Waals surface area contributed by atoms with Crippen molar-refractivity contribution in [1.82, 2.24) is 9.55 Å². The molecule has 0 amide bonds. The molecule has 0 aliphatic carbocycles. The van der Waals surface area contributed by atoms with Gasteiger partial charge in [0.15, 0.2) is 0 Å². The van der Waals surface area contributed by atoms with Gasteiger partial charge in [-0.15, -0.1) is 0 Å². The van der Waals surface area contributed by atoms with Gasteiger partial charge in [-0.1, -0.05) is 48.6 Å². The molecule has 3 aromatic carbocycles. The molecular formula is C22H15N3. The molecule has 1 aromatic heterocycles. The largest absolute Gasteiger partial charge is 0.299 e. The Bertz CT molecular complexity index is 1100. The van der Waals surface area contributed by atoms with E-state index in [0.29, 0.717) is 5.56 Å². The zero-order valence-electron chi connectivity index (χ0n) is 13.5. The van der Waals surface area contributed by atoms with E-state index in [-0.39, 0.29) is 0 Å². The third-order valence-electron chi connectivity index (χ3n) is 4.11. The molecule has 0 atom stereocenters. The van der Waals surface area contributed by atoms with Gasteiger partial charge in [0.05, 0.1) is 22.7 Å². The lowest BCUT2D eigenvalue weighted by Crippen LogP contribution is -1.91. The Kier molecular flexibility index (Phi) is 3.86. The molecule has 0 fully saturated rings. The van der Waals surface area contributed by atoms with Crippen molar-refractivity contribution in [3.8, 4) is 11.8 Å². The second-order valence-corrected chi connectivity index (χ2v) is 5.77. The fourth-order valence-corrected chi connectivity index (χ4v) is 2.80. The van der Waals surface area contributed by atoms with Gasteiger partial charge in [-0.25, -0.2) is 4.98 Å². The van der Waals surface area contributed by atoms with Crippen molar-refractivity contribution in [1.29, 1.82) is 5.26 Å². The van der Waals surface area contributed by atoms with Crippen LogP contribution in [-0.2, 0) is 0 Å². The van der Waals surface area contributed by atoms with Crippen LogP contribution in [0.3, 0.4) is 0 Å². The monoisotopic (exact) mass is 321 g/mol. The lowest BCUT2D eigenvalue weighted by Gasteiger charge is -2.05. The zero-order valence-corrected chi connectivity index (χ0v) is 13.5. The number of imidazole rings is 1. The van der Waals surface area contributed by atoms with Crippen LogP contribution in [0, 0.1) is 11.3 Å². The maximum absolute atomic E-state index is 8.86. The van der Waals surface area contributed by atoms with Crippen LogP contribution in [0.5, 0.6) is 0 Å². The summed E-state index contributed by atoms with van der Waals surface area (Å²) in [5.74, 6) is 0. The summed E-state index contributed by atoms with van der Waals surface area (Å²) >= 11 is 0. The smallest absolute Gasteiger partial charge is 0.100 e. The van der Waals surface area contributed by atoms with Gasteiger partial charge in [-0.3, -0.25) is 4.57 Å². The summed E-state index contributed by atoms with van der Waals surface area (Å²) in [5, 5.41) is 8.86. The molecule has 0 saturated heterocycles. The van der Waals surface area contributed by atoms with Crippen molar-refractivity contribution >= 4 is 23.2 Å². The Morgan fingerprint density at radius 2 is 1.64 bits per heavy atom. The minimum absolute atomic E-state index is 0.672. The average molecular weight is 321 g/mol. The number of para-hydroxylation sites is 2. The lowest BCUT2D eigenvalue weighted by atomic mass is 10.1. The van der Waals surface area contributed by atoms with Gasteiger partial charge in [0.25, 0.3) is 0 Å². The highest BCUT2D eigenvalue weighted by Crippen LogP contribution is 2.19. The predicted octanol–water partition coefficient (Wildman–Crippen LogP) is 5.07. The highest BCUT2D eigenvalue weighted by atomic mass is 15.0. The fourth-order valence-electron chi connectivity index (χ4n) is 2.80.